The number of amides is 4. The van der Waals surface area contributed by atoms with Crippen LogP contribution in [0.25, 0.3) is 11.0 Å². The molecule has 8 rings (SSSR count). The molecule has 3 aliphatic heterocycles. The molecule has 2 aromatic carbocycles. The first-order chi connectivity index (χ1) is 28.3. The largest absolute Gasteiger partial charge is 0.495 e. The minimum Gasteiger partial charge on any atom is -0.495 e. The lowest BCUT2D eigenvalue weighted by molar-refractivity contribution is -0.164. The minimum absolute atomic E-state index is 0.232. The number of urea groups is 1. The third-order valence-electron chi connectivity index (χ3n) is 13.2. The maximum Gasteiger partial charge on any atom is 0.328 e. The number of methoxy groups -OCH3 is 1. The van der Waals surface area contributed by atoms with Gasteiger partial charge in [0.15, 0.2) is 0 Å². The second-order valence-electron chi connectivity index (χ2n) is 17.7. The Balaban J connectivity index is 0.817. The number of nitrogens with one attached hydrogen (secondary N) is 2. The summed E-state index contributed by atoms with van der Waals surface area (Å²) < 4.78 is 29.7. The lowest BCUT2D eigenvalue weighted by atomic mass is 9.49. The third-order valence-corrected chi connectivity index (χ3v) is 13.2. The van der Waals surface area contributed by atoms with Gasteiger partial charge in [-0.05, 0) is 74.1 Å². The highest BCUT2D eigenvalue weighted by Gasteiger charge is 2.64. The molecule has 13 nitrogen and oxygen atoms in total. The van der Waals surface area contributed by atoms with E-state index in [2.05, 4.69) is 69.9 Å². The number of nitriles is 1. The zero-order valence-corrected chi connectivity index (χ0v) is 34.5. The molecular weight excluding hydrogens is 752 g/mol. The van der Waals surface area contributed by atoms with Crippen molar-refractivity contribution in [2.45, 2.75) is 78.0 Å². The van der Waals surface area contributed by atoms with Crippen LogP contribution in [0.1, 0.15) is 81.8 Å². The number of fused-ring (bicyclic) bond motifs is 1. The summed E-state index contributed by atoms with van der Waals surface area (Å²) >= 11 is 0. The monoisotopic (exact) mass is 804 g/mol. The lowest BCUT2D eigenvalue weighted by Crippen LogP contribution is -2.74. The Morgan fingerprint density at radius 3 is 2.39 bits per heavy atom. The van der Waals surface area contributed by atoms with Crippen LogP contribution in [-0.4, -0.2) is 90.8 Å². The quantitative estimate of drug-likeness (QED) is 0.180. The highest BCUT2D eigenvalue weighted by Crippen LogP contribution is 2.55. The number of anilines is 2. The second kappa shape index (κ2) is 15.8. The predicted octanol–water partition coefficient (Wildman–Crippen LogP) is 6.67. The summed E-state index contributed by atoms with van der Waals surface area (Å²) in [7, 11) is 1.52. The van der Waals surface area contributed by atoms with Crippen molar-refractivity contribution in [2.75, 3.05) is 56.2 Å². The summed E-state index contributed by atoms with van der Waals surface area (Å²) in [5.41, 5.74) is 2.00. The average Bonchev–Trinajstić information content (AvgIpc) is 3.67. The maximum atomic E-state index is 15.7. The van der Waals surface area contributed by atoms with Crippen LogP contribution < -0.4 is 29.9 Å². The minimum atomic E-state index is -0.433. The molecule has 310 valence electrons. The van der Waals surface area contributed by atoms with Gasteiger partial charge < -0.3 is 29.2 Å². The second-order valence-corrected chi connectivity index (χ2v) is 17.7. The van der Waals surface area contributed by atoms with Crippen molar-refractivity contribution >= 4 is 40.3 Å². The van der Waals surface area contributed by atoms with Gasteiger partial charge in [-0.2, -0.15) is 5.26 Å². The molecule has 4 amide bonds. The summed E-state index contributed by atoms with van der Waals surface area (Å²) in [5.74, 6) is 0.588. The van der Waals surface area contributed by atoms with Crippen molar-refractivity contribution in [3.8, 4) is 17.6 Å². The molecule has 1 aliphatic carbocycles. The molecule has 0 unspecified atom stereocenters. The van der Waals surface area contributed by atoms with Crippen molar-refractivity contribution in [3.63, 3.8) is 0 Å². The van der Waals surface area contributed by atoms with E-state index in [9.17, 15) is 19.6 Å². The zero-order chi connectivity index (χ0) is 41.6. The van der Waals surface area contributed by atoms with E-state index in [-0.39, 0.29) is 35.9 Å². The Bertz CT molecular complexity index is 2290. The van der Waals surface area contributed by atoms with Crippen molar-refractivity contribution in [2.24, 2.45) is 16.7 Å². The van der Waals surface area contributed by atoms with Gasteiger partial charge in [0.1, 0.15) is 35.1 Å². The zero-order valence-electron chi connectivity index (χ0n) is 34.5. The van der Waals surface area contributed by atoms with Crippen LogP contribution in [0, 0.1) is 33.9 Å². The first-order valence-electron chi connectivity index (χ1n) is 20.7. The molecule has 2 aromatic heterocycles. The van der Waals surface area contributed by atoms with E-state index in [1.807, 2.05) is 12.1 Å². The normalized spacial score (nSPS) is 22.4. The summed E-state index contributed by atoms with van der Waals surface area (Å²) in [6.45, 7) is 13.0. The van der Waals surface area contributed by atoms with Gasteiger partial charge in [0.2, 0.25) is 5.91 Å². The predicted molar refractivity (Wildman–Crippen MR) is 222 cm³/mol. The fourth-order valence-corrected chi connectivity index (χ4v) is 10.4. The number of hydrogen-bond donors (Lipinski definition) is 2. The molecule has 0 spiro atoms. The standard InChI is InChI=1S/C45H53FN8O5/c1-44(2)41(45(3,4)42(44)59-32-8-6-30(26-47)37(25-32)58-5)50-40(56)29-7-9-36(34(46)24-29)52-20-11-28(12-21-52)27-51-18-13-31(14-19-51)53-22-15-33-35(10-17-48-39(33)53)54-23-16-38(55)49-43(54)57/h6-10,15,17,22,24-25,28,31,41-42H,11-14,16,18-21,23,27H2,1-5H3,(H,50,56)(H,49,55,57). The number of aromatic nitrogens is 2. The first kappa shape index (κ1) is 40.1. The summed E-state index contributed by atoms with van der Waals surface area (Å²) in [6.07, 6.45) is 7.77. The average molecular weight is 805 g/mol. The van der Waals surface area contributed by atoms with Gasteiger partial charge in [-0.15, -0.1) is 0 Å². The fourth-order valence-electron chi connectivity index (χ4n) is 10.4. The number of rotatable bonds is 10. The number of carbonyl (C=O) groups is 3. The van der Waals surface area contributed by atoms with Crippen LogP contribution in [0.5, 0.6) is 11.5 Å². The van der Waals surface area contributed by atoms with Gasteiger partial charge in [-0.1, -0.05) is 27.7 Å². The molecule has 4 fully saturated rings. The van der Waals surface area contributed by atoms with Crippen molar-refractivity contribution in [1.82, 2.24) is 25.1 Å². The van der Waals surface area contributed by atoms with E-state index < -0.39 is 22.7 Å². The molecule has 14 heteroatoms. The SMILES string of the molecule is COc1cc(OC2C(C)(C)C(NC(=O)c3ccc(N4CCC(CN5CCC(n6ccc7c(N8CCC(=O)NC8=O)ccnc76)CC5)CC4)c(F)c3)C2(C)C)ccc1C#N. The van der Waals surface area contributed by atoms with Crippen LogP contribution in [0.3, 0.4) is 0 Å². The number of likely N-dealkylation sites (tertiary alicyclic amines) is 1. The number of nitrogens with zero attached hydrogens (tertiary/aromatic N) is 6. The molecule has 4 aliphatic rings. The number of ether oxygens (including phenoxy) is 2. The number of imide groups is 1. The number of carbonyl (C=O) groups excluding carboxylic acids is 3. The van der Waals surface area contributed by atoms with Gasteiger partial charge in [0.05, 0.1) is 24.0 Å². The molecule has 59 heavy (non-hydrogen) atoms. The smallest absolute Gasteiger partial charge is 0.328 e. The van der Waals surface area contributed by atoms with E-state index in [1.165, 1.54) is 13.2 Å². The molecule has 5 heterocycles. The van der Waals surface area contributed by atoms with Crippen LogP contribution in [-0.2, 0) is 4.79 Å². The summed E-state index contributed by atoms with van der Waals surface area (Å²) in [5, 5.41) is 15.8. The highest BCUT2D eigenvalue weighted by atomic mass is 19.1. The Hall–Kier alpha value is -5.68. The van der Waals surface area contributed by atoms with E-state index >= 15 is 4.39 Å². The number of benzene rings is 2. The molecule has 0 atom stereocenters. The van der Waals surface area contributed by atoms with Gasteiger partial charge in [-0.25, -0.2) is 14.2 Å². The summed E-state index contributed by atoms with van der Waals surface area (Å²) in [6, 6.07) is 15.6. The molecule has 0 bridgehead atoms. The number of pyridine rings is 1. The van der Waals surface area contributed by atoms with Gasteiger partial charge >= 0.3 is 6.03 Å². The van der Waals surface area contributed by atoms with Crippen LogP contribution in [0.4, 0.5) is 20.6 Å². The van der Waals surface area contributed by atoms with Crippen LogP contribution in [0.15, 0.2) is 60.9 Å². The van der Waals surface area contributed by atoms with Crippen LogP contribution >= 0.6 is 0 Å². The molecule has 1 saturated carbocycles. The van der Waals surface area contributed by atoms with Gasteiger partial charge in [0, 0.05) is 98.0 Å². The highest BCUT2D eigenvalue weighted by molar-refractivity contribution is 6.09. The Labute approximate surface area is 344 Å². The first-order valence-corrected chi connectivity index (χ1v) is 20.7. The van der Waals surface area contributed by atoms with E-state index in [1.54, 1.807) is 41.4 Å². The topological polar surface area (TPSA) is 145 Å². The molecular formula is C45H53FN8O5. The van der Waals surface area contributed by atoms with Crippen molar-refractivity contribution < 1.29 is 28.2 Å². The Morgan fingerprint density at radius 1 is 0.966 bits per heavy atom. The molecule has 4 aromatic rings. The number of hydrogen-bond acceptors (Lipinski definition) is 9. The summed E-state index contributed by atoms with van der Waals surface area (Å²) in [4.78, 5) is 48.7. The van der Waals surface area contributed by atoms with Gasteiger partial charge in [-0.3, -0.25) is 19.8 Å². The Kier molecular flexibility index (Phi) is 10.8. The molecule has 3 saturated heterocycles. The molecule has 2 N–H and O–H groups in total. The maximum absolute atomic E-state index is 15.7. The van der Waals surface area contributed by atoms with E-state index in [4.69, 9.17) is 9.47 Å². The van der Waals surface area contributed by atoms with Crippen molar-refractivity contribution in [3.05, 3.63) is 77.9 Å². The van der Waals surface area contributed by atoms with E-state index in [0.29, 0.717) is 41.3 Å². The lowest BCUT2D eigenvalue weighted by Gasteiger charge is -2.63. The number of halogens is 1. The molecule has 0 radical (unpaired) electrons. The van der Waals surface area contributed by atoms with E-state index in [0.717, 1.165) is 75.1 Å². The Morgan fingerprint density at radius 2 is 1.71 bits per heavy atom. The van der Waals surface area contributed by atoms with Crippen molar-refractivity contribution in [1.29, 1.82) is 5.26 Å². The fraction of sp³-hybridized carbons (Fsp3) is 0.489. The van der Waals surface area contributed by atoms with Crippen LogP contribution in [0.2, 0.25) is 0 Å². The van der Waals surface area contributed by atoms with Gasteiger partial charge in [0.25, 0.3) is 5.91 Å². The third kappa shape index (κ3) is 7.57. The number of piperidine rings is 2.